The lowest BCUT2D eigenvalue weighted by molar-refractivity contribution is -0.118. The number of likely N-dealkylation sites (N-methyl/N-ethyl adjacent to an activating group) is 1. The topological polar surface area (TPSA) is 67.9 Å². The third-order valence-electron chi connectivity index (χ3n) is 11.3. The number of hydrogen-bond donors (Lipinski definition) is 1. The molecule has 1 aliphatic carbocycles. The van der Waals surface area contributed by atoms with Crippen LogP contribution >= 0.6 is 11.3 Å². The minimum Gasteiger partial charge on any atom is -0.368 e. The molecule has 8 heteroatoms. The van der Waals surface area contributed by atoms with Crippen molar-refractivity contribution in [1.29, 1.82) is 0 Å². The number of carbonyl (C=O) groups excluding carboxylic acids is 1. The van der Waals surface area contributed by atoms with E-state index in [9.17, 15) is 4.79 Å². The second kappa shape index (κ2) is 19.2. The van der Waals surface area contributed by atoms with Crippen molar-refractivity contribution in [3.8, 4) is 35.8 Å². The molecule has 2 heterocycles. The fourth-order valence-electron chi connectivity index (χ4n) is 8.59. The predicted octanol–water partition coefficient (Wildman–Crippen LogP) is 9.15. The normalized spacial score (nSPS) is 21.4. The van der Waals surface area contributed by atoms with Gasteiger partial charge in [-0.2, -0.15) is 0 Å². The molecular weight excluding hydrogens is 697 g/mol. The van der Waals surface area contributed by atoms with Gasteiger partial charge in [-0.15, -0.1) is 24.2 Å². The molecule has 1 fully saturated rings. The molecule has 0 saturated heterocycles. The molecule has 2 aromatic carbocycles. The maximum absolute atomic E-state index is 17.7. The van der Waals surface area contributed by atoms with Crippen molar-refractivity contribution in [2.24, 2.45) is 34.4 Å². The van der Waals surface area contributed by atoms with E-state index >= 15 is 8.78 Å². The fraction of sp³-hybridized carbons (Fsp3) is 0.522. The van der Waals surface area contributed by atoms with Gasteiger partial charge in [0.15, 0.2) is 12.0 Å². The van der Waals surface area contributed by atoms with Crippen LogP contribution in [0.15, 0.2) is 34.8 Å². The summed E-state index contributed by atoms with van der Waals surface area (Å²) in [6.07, 6.45) is 18.3. The molecule has 5 rings (SSSR count). The first-order valence-electron chi connectivity index (χ1n) is 19.8. The lowest BCUT2D eigenvalue weighted by atomic mass is 9.69. The first-order valence-corrected chi connectivity index (χ1v) is 20.6. The molecule has 0 spiro atoms. The van der Waals surface area contributed by atoms with Crippen molar-refractivity contribution in [1.82, 2.24) is 4.90 Å². The zero-order valence-corrected chi connectivity index (χ0v) is 34.6. The number of fused-ring (bicyclic) bond motifs is 2. The van der Waals surface area contributed by atoms with Crippen molar-refractivity contribution in [2.45, 2.75) is 113 Å². The summed E-state index contributed by atoms with van der Waals surface area (Å²) < 4.78 is 39.9. The van der Waals surface area contributed by atoms with E-state index in [2.05, 4.69) is 51.4 Å². The fourth-order valence-corrected chi connectivity index (χ4v) is 9.68. The Morgan fingerprint density at radius 2 is 1.87 bits per heavy atom. The third-order valence-corrected chi connectivity index (χ3v) is 12.5. The van der Waals surface area contributed by atoms with E-state index < -0.39 is 17.9 Å². The molecule has 1 aliphatic heterocycles. The summed E-state index contributed by atoms with van der Waals surface area (Å²) in [4.78, 5) is 20.1. The average Bonchev–Trinajstić information content (AvgIpc) is 3.46. The lowest BCUT2D eigenvalue weighted by Crippen LogP contribution is -2.48. The quantitative estimate of drug-likeness (QED) is 0.177. The number of hydrogen-bond acceptors (Lipinski definition) is 6. The molecular formula is C46H59F2N3O2S. The maximum Gasteiger partial charge on any atom is 0.168 e. The van der Waals surface area contributed by atoms with Crippen molar-refractivity contribution in [3.05, 3.63) is 68.1 Å². The largest absolute Gasteiger partial charge is 0.368 e. The van der Waals surface area contributed by atoms with Crippen LogP contribution in [-0.4, -0.2) is 42.6 Å². The molecule has 290 valence electrons. The van der Waals surface area contributed by atoms with Crippen LogP contribution in [0.25, 0.3) is 26.9 Å². The molecule has 2 aliphatic rings. The highest BCUT2D eigenvalue weighted by atomic mass is 32.1. The molecule has 6 atom stereocenters. The number of ether oxygens (including phenoxy) is 1. The predicted molar refractivity (Wildman–Crippen MR) is 221 cm³/mol. The first kappa shape index (κ1) is 42.9. The molecule has 0 radical (unpaired) electrons. The summed E-state index contributed by atoms with van der Waals surface area (Å²) in [6.45, 7) is 20.1. The smallest absolute Gasteiger partial charge is 0.168 e. The summed E-state index contributed by atoms with van der Waals surface area (Å²) in [6, 6.07) is 4.95. The van der Waals surface area contributed by atoms with Crippen molar-refractivity contribution >= 4 is 32.9 Å². The number of Topliss-reactive ketones (excluding diaryl/α,β-unsaturated/α-hetero) is 1. The van der Waals surface area contributed by atoms with Gasteiger partial charge >= 0.3 is 0 Å². The number of nitrogens with two attached hydrogens (primary N) is 1. The molecule has 6 unspecified atom stereocenters. The van der Waals surface area contributed by atoms with Crippen LogP contribution < -0.4 is 16.3 Å². The monoisotopic (exact) mass is 755 g/mol. The summed E-state index contributed by atoms with van der Waals surface area (Å²) >= 11 is 1.17. The van der Waals surface area contributed by atoms with E-state index in [4.69, 9.17) is 28.3 Å². The van der Waals surface area contributed by atoms with E-state index in [1.807, 2.05) is 32.9 Å². The second-order valence-electron chi connectivity index (χ2n) is 14.8. The summed E-state index contributed by atoms with van der Waals surface area (Å²) in [7, 11) is 0. The number of terminal acetylenes is 2. The Balaban J connectivity index is 0.00000319. The second-order valence-corrected chi connectivity index (χ2v) is 15.8. The van der Waals surface area contributed by atoms with Crippen LogP contribution in [0, 0.1) is 60.0 Å². The maximum atomic E-state index is 17.7. The highest BCUT2D eigenvalue weighted by Crippen LogP contribution is 2.43. The van der Waals surface area contributed by atoms with Gasteiger partial charge in [-0.3, -0.25) is 0 Å². The molecule has 1 aromatic heterocycles. The van der Waals surface area contributed by atoms with Gasteiger partial charge < -0.3 is 20.2 Å². The van der Waals surface area contributed by atoms with Crippen molar-refractivity contribution in [3.63, 3.8) is 0 Å². The first-order chi connectivity index (χ1) is 25.9. The highest BCUT2D eigenvalue weighted by Gasteiger charge is 2.38. The Morgan fingerprint density at radius 3 is 2.48 bits per heavy atom. The van der Waals surface area contributed by atoms with Crippen molar-refractivity contribution in [2.75, 3.05) is 19.7 Å². The van der Waals surface area contributed by atoms with Crippen LogP contribution in [-0.2, 0) is 16.0 Å². The average molecular weight is 756 g/mol. The van der Waals surface area contributed by atoms with E-state index in [0.29, 0.717) is 87.2 Å². The molecule has 54 heavy (non-hydrogen) atoms. The Bertz CT molecular complexity index is 2070. The van der Waals surface area contributed by atoms with Crippen LogP contribution in [0.5, 0.6) is 0 Å². The SMILES string of the molecule is C#Cc1cc2c(c(F)c1-c1ccc(F)c3sc(C#C)c(CCN)c13)=NC(OCC(C)CCC)C=C(C)C=2N(CC)C1CCC(CC(C)=O)C(C)C1C.CC. The van der Waals surface area contributed by atoms with Gasteiger partial charge in [0, 0.05) is 46.4 Å². The number of halogens is 2. The summed E-state index contributed by atoms with van der Waals surface area (Å²) in [5, 5.41) is 1.31. The minimum atomic E-state index is -0.730. The van der Waals surface area contributed by atoms with Gasteiger partial charge in [0.2, 0.25) is 0 Å². The van der Waals surface area contributed by atoms with Gasteiger partial charge in [-0.05, 0) is 112 Å². The zero-order chi connectivity index (χ0) is 39.9. The summed E-state index contributed by atoms with van der Waals surface area (Å²) in [5.41, 5.74) is 9.51. The van der Waals surface area contributed by atoms with E-state index in [1.165, 1.54) is 17.4 Å². The van der Waals surface area contributed by atoms with E-state index in [-0.39, 0.29) is 28.7 Å². The van der Waals surface area contributed by atoms with Crippen LogP contribution in [0.2, 0.25) is 0 Å². The number of ketones is 1. The van der Waals surface area contributed by atoms with Gasteiger partial charge in [0.1, 0.15) is 17.0 Å². The highest BCUT2D eigenvalue weighted by molar-refractivity contribution is 7.19. The van der Waals surface area contributed by atoms with Crippen molar-refractivity contribution < 1.29 is 18.3 Å². The molecule has 5 nitrogen and oxygen atoms in total. The lowest BCUT2D eigenvalue weighted by Gasteiger charge is -2.46. The third kappa shape index (κ3) is 8.68. The van der Waals surface area contributed by atoms with Crippen LogP contribution in [0.3, 0.4) is 0 Å². The Kier molecular flexibility index (Phi) is 15.2. The Hall–Kier alpha value is -3.82. The number of carbonyl (C=O) groups is 1. The number of benzene rings is 2. The van der Waals surface area contributed by atoms with Gasteiger partial charge in [0.25, 0.3) is 0 Å². The number of thiophene rings is 1. The van der Waals surface area contributed by atoms with Crippen LogP contribution in [0.4, 0.5) is 8.78 Å². The zero-order valence-electron chi connectivity index (χ0n) is 33.7. The molecule has 2 N–H and O–H groups in total. The molecule has 0 amide bonds. The molecule has 3 aromatic rings. The van der Waals surface area contributed by atoms with Crippen LogP contribution in [0.1, 0.15) is 110 Å². The van der Waals surface area contributed by atoms with Gasteiger partial charge in [-0.1, -0.05) is 65.9 Å². The standard InChI is InChI=1S/C44H53F2N3O2S.C2H6/c1-10-14-25(5)24-51-38-21-26(6)43(49(13-4)36-18-15-31(22-27(7)50)28(8)29(36)9)34-23-30(11-2)39(41(46)42(34)48-38)33-16-17-35(45)44-40(33)32(19-20-47)37(12-3)52-44;1-2/h2-3,16-17,21,23,25,28-29,31,36,38H,10,13-15,18-20,22,24,47H2,1,4-9H3;1-2H3. The van der Waals surface area contributed by atoms with Gasteiger partial charge in [-0.25, -0.2) is 13.8 Å². The molecule has 0 bridgehead atoms. The minimum absolute atomic E-state index is 0.150. The summed E-state index contributed by atoms with van der Waals surface area (Å²) in [5.74, 6) is 5.93. The number of nitrogens with zero attached hydrogens (tertiary/aromatic N) is 2. The number of rotatable bonds is 13. The Labute approximate surface area is 326 Å². The molecule has 1 saturated carbocycles. The van der Waals surface area contributed by atoms with E-state index in [1.54, 1.807) is 13.0 Å². The van der Waals surface area contributed by atoms with Gasteiger partial charge in [0.05, 0.1) is 16.2 Å². The Morgan fingerprint density at radius 1 is 1.15 bits per heavy atom. The van der Waals surface area contributed by atoms with E-state index in [0.717, 1.165) is 37.0 Å².